The van der Waals surface area contributed by atoms with E-state index in [1.165, 1.54) is 11.1 Å². The number of piperidine rings is 1. The Balaban J connectivity index is 1.73. The quantitative estimate of drug-likeness (QED) is 0.748. The molecule has 134 valence electrons. The van der Waals surface area contributed by atoms with E-state index >= 15 is 0 Å². The fourth-order valence-electron chi connectivity index (χ4n) is 3.00. The summed E-state index contributed by atoms with van der Waals surface area (Å²) < 4.78 is 0. The highest BCUT2D eigenvalue weighted by molar-refractivity contribution is 5.74. The molecule has 24 heavy (non-hydrogen) atoms. The van der Waals surface area contributed by atoms with E-state index in [2.05, 4.69) is 46.7 Å². The maximum Gasteiger partial charge on any atom is 0.315 e. The number of hydrogen-bond donors (Lipinski definition) is 3. The summed E-state index contributed by atoms with van der Waals surface area (Å²) in [7, 11) is 0. The molecule has 3 N–H and O–H groups in total. The van der Waals surface area contributed by atoms with Crippen LogP contribution in [0.5, 0.6) is 0 Å². The summed E-state index contributed by atoms with van der Waals surface area (Å²) in [6, 6.07) is 8.59. The lowest BCUT2D eigenvalue weighted by Crippen LogP contribution is -2.50. The number of aryl methyl sites for hydroxylation is 1. The van der Waals surface area contributed by atoms with Crippen molar-refractivity contribution in [3.05, 3.63) is 35.4 Å². The van der Waals surface area contributed by atoms with Crippen LogP contribution in [0.1, 0.15) is 37.8 Å². The highest BCUT2D eigenvalue weighted by Gasteiger charge is 2.22. The predicted molar refractivity (Wildman–Crippen MR) is 96.9 cm³/mol. The van der Waals surface area contributed by atoms with Crippen molar-refractivity contribution in [2.75, 3.05) is 19.7 Å². The summed E-state index contributed by atoms with van der Waals surface area (Å²) in [5, 5.41) is 15.1. The third-order valence-electron chi connectivity index (χ3n) is 5.08. The van der Waals surface area contributed by atoms with Gasteiger partial charge in [0.05, 0.1) is 0 Å². The smallest absolute Gasteiger partial charge is 0.315 e. The van der Waals surface area contributed by atoms with E-state index in [0.717, 1.165) is 32.5 Å². The molecule has 2 atom stereocenters. The first-order valence-corrected chi connectivity index (χ1v) is 8.94. The summed E-state index contributed by atoms with van der Waals surface area (Å²) in [4.78, 5) is 14.5. The molecule has 0 bridgehead atoms. The topological polar surface area (TPSA) is 64.6 Å². The molecule has 1 aliphatic heterocycles. The first-order valence-electron chi connectivity index (χ1n) is 8.94. The molecule has 0 aliphatic carbocycles. The standard InChI is InChI=1S/C19H31N3O2/c1-14-6-4-5-7-17(14)12-22-10-8-18(9-11-22)21-19(24)20-16(3)15(2)13-23/h4-7,15-16,18,23H,8-13H2,1-3H3,(H2,20,21,24). The third kappa shape index (κ3) is 5.49. The van der Waals surface area contributed by atoms with Crippen LogP contribution in [0.25, 0.3) is 0 Å². The van der Waals surface area contributed by atoms with Gasteiger partial charge < -0.3 is 15.7 Å². The zero-order valence-corrected chi connectivity index (χ0v) is 15.1. The Kier molecular flexibility index (Phi) is 7.06. The number of nitrogens with zero attached hydrogens (tertiary/aromatic N) is 1. The number of amides is 2. The number of aliphatic hydroxyl groups excluding tert-OH is 1. The van der Waals surface area contributed by atoms with E-state index in [1.54, 1.807) is 0 Å². The molecular weight excluding hydrogens is 302 g/mol. The van der Waals surface area contributed by atoms with Gasteiger partial charge in [0, 0.05) is 38.3 Å². The number of likely N-dealkylation sites (tertiary alicyclic amines) is 1. The average Bonchev–Trinajstić information content (AvgIpc) is 2.57. The van der Waals surface area contributed by atoms with Gasteiger partial charge in [0.1, 0.15) is 0 Å². The fourth-order valence-corrected chi connectivity index (χ4v) is 3.00. The van der Waals surface area contributed by atoms with Crippen molar-refractivity contribution in [3.63, 3.8) is 0 Å². The Labute approximate surface area is 145 Å². The molecule has 1 aromatic carbocycles. The molecule has 0 spiro atoms. The molecule has 1 aromatic rings. The van der Waals surface area contributed by atoms with Gasteiger partial charge in [0.25, 0.3) is 0 Å². The van der Waals surface area contributed by atoms with Crippen LogP contribution in [0.3, 0.4) is 0 Å². The second kappa shape index (κ2) is 9.04. The molecule has 2 unspecified atom stereocenters. The highest BCUT2D eigenvalue weighted by Crippen LogP contribution is 2.16. The largest absolute Gasteiger partial charge is 0.396 e. The monoisotopic (exact) mass is 333 g/mol. The van der Waals surface area contributed by atoms with Gasteiger partial charge in [0.2, 0.25) is 0 Å². The molecule has 1 saturated heterocycles. The summed E-state index contributed by atoms with van der Waals surface area (Å²) in [5.74, 6) is 0.0618. The maximum absolute atomic E-state index is 12.0. The Bertz CT molecular complexity index is 527. The molecule has 0 saturated carbocycles. The number of nitrogens with one attached hydrogen (secondary N) is 2. The molecule has 1 heterocycles. The third-order valence-corrected chi connectivity index (χ3v) is 5.08. The highest BCUT2D eigenvalue weighted by atomic mass is 16.3. The average molecular weight is 333 g/mol. The first kappa shape index (κ1) is 18.7. The van der Waals surface area contributed by atoms with Gasteiger partial charge in [-0.1, -0.05) is 31.2 Å². The van der Waals surface area contributed by atoms with Crippen molar-refractivity contribution in [2.24, 2.45) is 5.92 Å². The van der Waals surface area contributed by atoms with Gasteiger partial charge in [-0.2, -0.15) is 0 Å². The summed E-state index contributed by atoms with van der Waals surface area (Å²) in [6.45, 7) is 9.07. The SMILES string of the molecule is Cc1ccccc1CN1CCC(NC(=O)NC(C)C(C)CO)CC1. The number of urea groups is 1. The van der Waals surface area contributed by atoms with E-state index < -0.39 is 0 Å². The number of carbonyl (C=O) groups is 1. The minimum absolute atomic E-state index is 0.0313. The van der Waals surface area contributed by atoms with Crippen LogP contribution in [0.2, 0.25) is 0 Å². The van der Waals surface area contributed by atoms with Crippen LogP contribution < -0.4 is 10.6 Å². The molecule has 0 aromatic heterocycles. The molecule has 1 fully saturated rings. The summed E-state index contributed by atoms with van der Waals surface area (Å²) >= 11 is 0. The lowest BCUT2D eigenvalue weighted by Gasteiger charge is -2.33. The van der Waals surface area contributed by atoms with Crippen molar-refractivity contribution in [1.29, 1.82) is 0 Å². The Hall–Kier alpha value is -1.59. The van der Waals surface area contributed by atoms with Crippen LogP contribution in [0, 0.1) is 12.8 Å². The van der Waals surface area contributed by atoms with E-state index in [1.807, 2.05) is 13.8 Å². The van der Waals surface area contributed by atoms with Gasteiger partial charge in [-0.15, -0.1) is 0 Å². The number of carbonyl (C=O) groups excluding carboxylic acids is 1. The van der Waals surface area contributed by atoms with Gasteiger partial charge in [0.15, 0.2) is 0 Å². The fraction of sp³-hybridized carbons (Fsp3) is 0.632. The zero-order valence-electron chi connectivity index (χ0n) is 15.1. The molecule has 2 amide bonds. The molecule has 2 rings (SSSR count). The molecule has 0 radical (unpaired) electrons. The maximum atomic E-state index is 12.0. The van der Waals surface area contributed by atoms with Crippen LogP contribution >= 0.6 is 0 Å². The van der Waals surface area contributed by atoms with Crippen molar-refractivity contribution < 1.29 is 9.90 Å². The Morgan fingerprint density at radius 1 is 1.29 bits per heavy atom. The summed E-state index contributed by atoms with van der Waals surface area (Å²) in [6.07, 6.45) is 1.95. The second-order valence-corrected chi connectivity index (χ2v) is 7.04. The molecule has 5 nitrogen and oxygen atoms in total. The Morgan fingerprint density at radius 3 is 2.58 bits per heavy atom. The summed E-state index contributed by atoms with van der Waals surface area (Å²) in [5.41, 5.74) is 2.72. The first-order chi connectivity index (χ1) is 11.5. The zero-order chi connectivity index (χ0) is 17.5. The lowest BCUT2D eigenvalue weighted by molar-refractivity contribution is 0.179. The van der Waals surface area contributed by atoms with Gasteiger partial charge in [-0.3, -0.25) is 4.90 Å². The van der Waals surface area contributed by atoms with Crippen molar-refractivity contribution in [3.8, 4) is 0 Å². The van der Waals surface area contributed by atoms with E-state index in [9.17, 15) is 4.79 Å². The lowest BCUT2D eigenvalue weighted by atomic mass is 10.0. The predicted octanol–water partition coefficient (Wildman–Crippen LogP) is 2.28. The van der Waals surface area contributed by atoms with Gasteiger partial charge in [-0.25, -0.2) is 4.79 Å². The van der Waals surface area contributed by atoms with Crippen molar-refractivity contribution >= 4 is 6.03 Å². The van der Waals surface area contributed by atoms with E-state index in [4.69, 9.17) is 5.11 Å². The molecular formula is C19H31N3O2. The molecule has 5 heteroatoms. The normalized spacial score (nSPS) is 18.8. The minimum Gasteiger partial charge on any atom is -0.396 e. The van der Waals surface area contributed by atoms with E-state index in [-0.39, 0.29) is 30.6 Å². The van der Waals surface area contributed by atoms with Gasteiger partial charge in [-0.05, 0) is 43.7 Å². The second-order valence-electron chi connectivity index (χ2n) is 7.04. The van der Waals surface area contributed by atoms with Gasteiger partial charge >= 0.3 is 6.03 Å². The molecule has 1 aliphatic rings. The number of hydrogen-bond acceptors (Lipinski definition) is 3. The number of aliphatic hydroxyl groups is 1. The van der Waals surface area contributed by atoms with Crippen LogP contribution in [0.4, 0.5) is 4.79 Å². The van der Waals surface area contributed by atoms with Crippen molar-refractivity contribution in [1.82, 2.24) is 15.5 Å². The Morgan fingerprint density at radius 2 is 1.96 bits per heavy atom. The van der Waals surface area contributed by atoms with Crippen LogP contribution in [-0.4, -0.2) is 47.8 Å². The number of benzene rings is 1. The van der Waals surface area contributed by atoms with Crippen LogP contribution in [-0.2, 0) is 6.54 Å². The van der Waals surface area contributed by atoms with Crippen LogP contribution in [0.15, 0.2) is 24.3 Å². The van der Waals surface area contributed by atoms with Crippen molar-refractivity contribution in [2.45, 2.75) is 52.2 Å². The minimum atomic E-state index is -0.125. The number of rotatable bonds is 6. The van der Waals surface area contributed by atoms with E-state index in [0.29, 0.717) is 0 Å².